The second-order valence-corrected chi connectivity index (χ2v) is 5.37. The van der Waals surface area contributed by atoms with E-state index in [0.717, 1.165) is 23.4 Å². The van der Waals surface area contributed by atoms with Crippen molar-refractivity contribution in [2.24, 2.45) is 0 Å². The van der Waals surface area contributed by atoms with Gasteiger partial charge in [-0.1, -0.05) is 18.2 Å². The highest BCUT2D eigenvalue weighted by Gasteiger charge is 2.04. The average Bonchev–Trinajstić information content (AvgIpc) is 2.36. The van der Waals surface area contributed by atoms with Gasteiger partial charge >= 0.3 is 5.97 Å². The Hall–Kier alpha value is -1.49. The number of amides is 1. The molecule has 0 aliphatic carbocycles. The van der Waals surface area contributed by atoms with Crippen molar-refractivity contribution in [2.75, 3.05) is 16.8 Å². The number of nitrogens with one attached hydrogen (secondary N) is 1. The van der Waals surface area contributed by atoms with E-state index in [9.17, 15) is 9.59 Å². The molecule has 0 aliphatic heterocycles. The van der Waals surface area contributed by atoms with Crippen molar-refractivity contribution < 1.29 is 14.7 Å². The summed E-state index contributed by atoms with van der Waals surface area (Å²) in [6.07, 6.45) is 1.70. The van der Waals surface area contributed by atoms with Crippen molar-refractivity contribution in [2.45, 2.75) is 26.2 Å². The molecule has 0 spiro atoms. The number of anilines is 1. The van der Waals surface area contributed by atoms with Gasteiger partial charge in [-0.25, -0.2) is 0 Å². The molecule has 1 aromatic rings. The first-order valence-corrected chi connectivity index (χ1v) is 7.40. The second kappa shape index (κ2) is 8.58. The van der Waals surface area contributed by atoms with Crippen molar-refractivity contribution >= 4 is 29.3 Å². The Morgan fingerprint density at radius 3 is 2.68 bits per heavy atom. The summed E-state index contributed by atoms with van der Waals surface area (Å²) in [7, 11) is 0. The van der Waals surface area contributed by atoms with Crippen LogP contribution in [0.25, 0.3) is 0 Å². The van der Waals surface area contributed by atoms with Crippen LogP contribution in [0.3, 0.4) is 0 Å². The van der Waals surface area contributed by atoms with E-state index in [1.54, 1.807) is 0 Å². The molecule has 0 fully saturated rings. The number of aryl methyl sites for hydroxylation is 1. The largest absolute Gasteiger partial charge is 0.481 e. The van der Waals surface area contributed by atoms with Crippen molar-refractivity contribution in [1.29, 1.82) is 0 Å². The molecular weight excluding hydrogens is 262 g/mol. The van der Waals surface area contributed by atoms with Crippen molar-refractivity contribution in [3.63, 3.8) is 0 Å². The lowest BCUT2D eigenvalue weighted by molar-refractivity contribution is -0.137. The molecular formula is C14H19NO3S. The SMILES string of the molecule is Cc1ccccc1NC(=O)CSCCCCC(=O)O. The van der Waals surface area contributed by atoms with Gasteiger partial charge in [-0.2, -0.15) is 11.8 Å². The van der Waals surface area contributed by atoms with Gasteiger partial charge in [-0.3, -0.25) is 9.59 Å². The molecule has 0 aromatic heterocycles. The average molecular weight is 281 g/mol. The number of para-hydroxylation sites is 1. The minimum Gasteiger partial charge on any atom is -0.481 e. The molecule has 0 unspecified atom stereocenters. The topological polar surface area (TPSA) is 66.4 Å². The van der Waals surface area contributed by atoms with Gasteiger partial charge in [0, 0.05) is 12.1 Å². The fourth-order valence-corrected chi connectivity index (χ4v) is 2.35. The summed E-state index contributed by atoms with van der Waals surface area (Å²) in [6, 6.07) is 7.66. The molecule has 0 bridgehead atoms. The number of carbonyl (C=O) groups excluding carboxylic acids is 1. The van der Waals surface area contributed by atoms with Gasteiger partial charge in [-0.15, -0.1) is 0 Å². The number of carboxylic acid groups (broad SMARTS) is 1. The summed E-state index contributed by atoms with van der Waals surface area (Å²) in [6.45, 7) is 1.95. The molecule has 19 heavy (non-hydrogen) atoms. The molecule has 1 amide bonds. The van der Waals surface area contributed by atoms with Crippen LogP contribution in [0.5, 0.6) is 0 Å². The highest BCUT2D eigenvalue weighted by atomic mass is 32.2. The van der Waals surface area contributed by atoms with Crippen molar-refractivity contribution in [3.8, 4) is 0 Å². The van der Waals surface area contributed by atoms with Crippen molar-refractivity contribution in [3.05, 3.63) is 29.8 Å². The van der Waals surface area contributed by atoms with Crippen LogP contribution in [0.15, 0.2) is 24.3 Å². The van der Waals surface area contributed by atoms with Gasteiger partial charge in [0.25, 0.3) is 0 Å². The van der Waals surface area contributed by atoms with Gasteiger partial charge in [0.05, 0.1) is 5.75 Å². The van der Waals surface area contributed by atoms with Gasteiger partial charge in [0.2, 0.25) is 5.91 Å². The Labute approximate surface area is 117 Å². The van der Waals surface area contributed by atoms with Crippen LogP contribution in [0.1, 0.15) is 24.8 Å². The fourth-order valence-electron chi connectivity index (χ4n) is 1.54. The smallest absolute Gasteiger partial charge is 0.303 e. The first kappa shape index (κ1) is 15.6. The molecule has 4 nitrogen and oxygen atoms in total. The first-order valence-electron chi connectivity index (χ1n) is 6.24. The van der Waals surface area contributed by atoms with Crippen LogP contribution >= 0.6 is 11.8 Å². The summed E-state index contributed by atoms with van der Waals surface area (Å²) < 4.78 is 0. The lowest BCUT2D eigenvalue weighted by atomic mass is 10.2. The van der Waals surface area contributed by atoms with Gasteiger partial charge in [-0.05, 0) is 37.1 Å². The highest BCUT2D eigenvalue weighted by Crippen LogP contribution is 2.14. The zero-order chi connectivity index (χ0) is 14.1. The van der Waals surface area contributed by atoms with E-state index in [2.05, 4.69) is 5.32 Å². The standard InChI is InChI=1S/C14H19NO3S/c1-11-6-2-3-7-12(11)15-13(16)10-19-9-5-4-8-14(17)18/h2-3,6-7H,4-5,8-10H2,1H3,(H,15,16)(H,17,18). The molecule has 104 valence electrons. The van der Waals surface area contributed by atoms with E-state index in [1.807, 2.05) is 31.2 Å². The highest BCUT2D eigenvalue weighted by molar-refractivity contribution is 7.99. The number of carboxylic acids is 1. The molecule has 0 saturated carbocycles. The van der Waals surface area contributed by atoms with E-state index in [-0.39, 0.29) is 12.3 Å². The Balaban J connectivity index is 2.15. The molecule has 0 saturated heterocycles. The van der Waals surface area contributed by atoms with E-state index >= 15 is 0 Å². The van der Waals surface area contributed by atoms with Crippen LogP contribution in [0.4, 0.5) is 5.69 Å². The molecule has 5 heteroatoms. The maximum Gasteiger partial charge on any atom is 0.303 e. The normalized spacial score (nSPS) is 10.2. The predicted molar refractivity (Wildman–Crippen MR) is 78.6 cm³/mol. The minimum atomic E-state index is -0.762. The van der Waals surface area contributed by atoms with Crippen LogP contribution < -0.4 is 5.32 Å². The van der Waals surface area contributed by atoms with Crippen LogP contribution in [0, 0.1) is 6.92 Å². The second-order valence-electron chi connectivity index (χ2n) is 4.27. The summed E-state index contributed by atoms with van der Waals surface area (Å²) in [5.74, 6) is 0.440. The zero-order valence-electron chi connectivity index (χ0n) is 11.0. The summed E-state index contributed by atoms with van der Waals surface area (Å²) in [5.41, 5.74) is 1.89. The Bertz CT molecular complexity index is 434. The van der Waals surface area contributed by atoms with Gasteiger partial charge < -0.3 is 10.4 Å². The monoisotopic (exact) mass is 281 g/mol. The molecule has 0 heterocycles. The molecule has 0 radical (unpaired) electrons. The van der Waals surface area contributed by atoms with E-state index in [0.29, 0.717) is 12.2 Å². The molecule has 1 rings (SSSR count). The number of thioether (sulfide) groups is 1. The quantitative estimate of drug-likeness (QED) is 0.719. The number of benzene rings is 1. The first-order chi connectivity index (χ1) is 9.09. The van der Waals surface area contributed by atoms with E-state index in [4.69, 9.17) is 5.11 Å². The number of hydrogen-bond acceptors (Lipinski definition) is 3. The summed E-state index contributed by atoms with van der Waals surface area (Å²) >= 11 is 1.53. The predicted octanol–water partition coefficient (Wildman–Crippen LogP) is 2.92. The summed E-state index contributed by atoms with van der Waals surface area (Å²) in [5, 5.41) is 11.3. The molecule has 2 N–H and O–H groups in total. The van der Waals surface area contributed by atoms with Crippen LogP contribution in [-0.2, 0) is 9.59 Å². The molecule has 1 aromatic carbocycles. The fraction of sp³-hybridized carbons (Fsp3) is 0.429. The number of rotatable bonds is 8. The van der Waals surface area contributed by atoms with Gasteiger partial charge in [0.15, 0.2) is 0 Å². The third kappa shape index (κ3) is 6.86. The zero-order valence-corrected chi connectivity index (χ0v) is 11.8. The van der Waals surface area contributed by atoms with Crippen molar-refractivity contribution in [1.82, 2.24) is 0 Å². The minimum absolute atomic E-state index is 0.0162. The maximum absolute atomic E-state index is 11.7. The Morgan fingerprint density at radius 1 is 1.26 bits per heavy atom. The lowest BCUT2D eigenvalue weighted by Crippen LogP contribution is -2.15. The maximum atomic E-state index is 11.7. The summed E-state index contributed by atoms with van der Waals surface area (Å²) in [4.78, 5) is 22.0. The number of aliphatic carboxylic acids is 1. The van der Waals surface area contributed by atoms with E-state index < -0.39 is 5.97 Å². The number of unbranched alkanes of at least 4 members (excludes halogenated alkanes) is 1. The van der Waals surface area contributed by atoms with E-state index in [1.165, 1.54) is 11.8 Å². The number of carbonyl (C=O) groups is 2. The third-order valence-corrected chi connectivity index (χ3v) is 3.63. The van der Waals surface area contributed by atoms with Crippen LogP contribution in [0.2, 0.25) is 0 Å². The Kier molecular flexibility index (Phi) is 7.03. The number of hydrogen-bond donors (Lipinski definition) is 2. The molecule has 0 atom stereocenters. The third-order valence-electron chi connectivity index (χ3n) is 2.58. The lowest BCUT2D eigenvalue weighted by Gasteiger charge is -2.07. The Morgan fingerprint density at radius 2 is 2.00 bits per heavy atom. The van der Waals surface area contributed by atoms with Crippen LogP contribution in [-0.4, -0.2) is 28.5 Å². The molecule has 0 aliphatic rings. The van der Waals surface area contributed by atoms with Gasteiger partial charge in [0.1, 0.15) is 0 Å².